The largest absolute Gasteiger partial charge is 0.467 e. The van der Waals surface area contributed by atoms with E-state index in [1.807, 2.05) is 17.0 Å². The van der Waals surface area contributed by atoms with Crippen LogP contribution in [0.5, 0.6) is 0 Å². The standard InChI is InChI=1S/C19H22N4O4/c20-19(25)13-5-7-22(8-6-13)12-18(24)23-15(17-4-2-10-27-17)11-14(21-23)16-3-1-9-26-16/h1-4,9-10,13,15H,5-8,11-12H2,(H2,20,25). The van der Waals surface area contributed by atoms with Crippen LogP contribution < -0.4 is 5.73 Å². The van der Waals surface area contributed by atoms with Crippen molar-refractivity contribution in [3.8, 4) is 0 Å². The predicted octanol–water partition coefficient (Wildman–Crippen LogP) is 1.75. The summed E-state index contributed by atoms with van der Waals surface area (Å²) >= 11 is 0. The lowest BCUT2D eigenvalue weighted by Crippen LogP contribution is -2.43. The average Bonchev–Trinajstić information content (AvgIpc) is 3.41. The number of primary amides is 1. The zero-order valence-electron chi connectivity index (χ0n) is 14.9. The van der Waals surface area contributed by atoms with E-state index in [1.54, 1.807) is 24.7 Å². The van der Waals surface area contributed by atoms with Gasteiger partial charge < -0.3 is 14.6 Å². The lowest BCUT2D eigenvalue weighted by atomic mass is 9.96. The van der Waals surface area contributed by atoms with Crippen LogP contribution in [0.1, 0.15) is 36.8 Å². The van der Waals surface area contributed by atoms with E-state index in [-0.39, 0.29) is 30.3 Å². The molecule has 1 atom stereocenters. The molecular weight excluding hydrogens is 348 g/mol. The Morgan fingerprint density at radius 2 is 1.89 bits per heavy atom. The van der Waals surface area contributed by atoms with E-state index >= 15 is 0 Å². The van der Waals surface area contributed by atoms with Gasteiger partial charge in [0.2, 0.25) is 5.91 Å². The molecule has 2 amide bonds. The highest BCUT2D eigenvalue weighted by molar-refractivity contribution is 6.01. The number of amides is 2. The Morgan fingerprint density at radius 3 is 2.52 bits per heavy atom. The van der Waals surface area contributed by atoms with Crippen molar-refractivity contribution in [1.82, 2.24) is 9.91 Å². The highest BCUT2D eigenvalue weighted by atomic mass is 16.3. The van der Waals surface area contributed by atoms with Gasteiger partial charge in [0.1, 0.15) is 23.3 Å². The molecule has 4 heterocycles. The molecule has 1 saturated heterocycles. The van der Waals surface area contributed by atoms with Gasteiger partial charge in [0, 0.05) is 12.3 Å². The van der Waals surface area contributed by atoms with Crippen LogP contribution in [-0.2, 0) is 9.59 Å². The van der Waals surface area contributed by atoms with Gasteiger partial charge >= 0.3 is 0 Å². The second kappa shape index (κ2) is 7.40. The summed E-state index contributed by atoms with van der Waals surface area (Å²) < 4.78 is 11.0. The molecule has 0 spiro atoms. The molecule has 27 heavy (non-hydrogen) atoms. The van der Waals surface area contributed by atoms with Crippen LogP contribution in [0.15, 0.2) is 50.7 Å². The van der Waals surface area contributed by atoms with Crippen molar-refractivity contribution in [3.63, 3.8) is 0 Å². The first kappa shape index (κ1) is 17.5. The van der Waals surface area contributed by atoms with E-state index in [1.165, 1.54) is 5.01 Å². The number of hydrogen-bond acceptors (Lipinski definition) is 6. The molecule has 2 aromatic heterocycles. The zero-order valence-corrected chi connectivity index (χ0v) is 14.9. The number of nitrogens with zero attached hydrogens (tertiary/aromatic N) is 3. The van der Waals surface area contributed by atoms with E-state index in [4.69, 9.17) is 14.6 Å². The van der Waals surface area contributed by atoms with Crippen molar-refractivity contribution >= 4 is 17.5 Å². The van der Waals surface area contributed by atoms with Crippen LogP contribution in [0, 0.1) is 5.92 Å². The van der Waals surface area contributed by atoms with Crippen molar-refractivity contribution in [2.45, 2.75) is 25.3 Å². The topological polar surface area (TPSA) is 105 Å². The molecule has 1 fully saturated rings. The van der Waals surface area contributed by atoms with Gasteiger partial charge in [-0.1, -0.05) is 0 Å². The molecule has 0 aliphatic carbocycles. The number of piperidine rings is 1. The van der Waals surface area contributed by atoms with Gasteiger partial charge in [-0.05, 0) is 50.2 Å². The molecule has 4 rings (SSSR count). The van der Waals surface area contributed by atoms with Crippen LogP contribution in [0.4, 0.5) is 0 Å². The second-order valence-electron chi connectivity index (χ2n) is 6.95. The fraction of sp³-hybridized carbons (Fsp3) is 0.421. The Kier molecular flexibility index (Phi) is 4.81. The second-order valence-corrected chi connectivity index (χ2v) is 6.95. The molecule has 142 valence electrons. The van der Waals surface area contributed by atoms with Crippen molar-refractivity contribution in [2.75, 3.05) is 19.6 Å². The molecule has 2 aliphatic heterocycles. The van der Waals surface area contributed by atoms with Crippen molar-refractivity contribution in [2.24, 2.45) is 16.8 Å². The number of hydrazone groups is 1. The smallest absolute Gasteiger partial charge is 0.257 e. The summed E-state index contributed by atoms with van der Waals surface area (Å²) in [7, 11) is 0. The van der Waals surface area contributed by atoms with Gasteiger partial charge in [-0.15, -0.1) is 0 Å². The third-order valence-corrected chi connectivity index (χ3v) is 5.19. The summed E-state index contributed by atoms with van der Waals surface area (Å²) in [6.07, 6.45) is 5.09. The Balaban J connectivity index is 1.47. The maximum absolute atomic E-state index is 13.0. The van der Waals surface area contributed by atoms with Gasteiger partial charge in [-0.3, -0.25) is 14.5 Å². The molecule has 2 aliphatic rings. The minimum atomic E-state index is -0.282. The minimum absolute atomic E-state index is 0.0948. The van der Waals surface area contributed by atoms with Gasteiger partial charge in [0.25, 0.3) is 5.91 Å². The maximum atomic E-state index is 13.0. The molecule has 0 saturated carbocycles. The van der Waals surface area contributed by atoms with Crippen LogP contribution >= 0.6 is 0 Å². The van der Waals surface area contributed by atoms with Crippen LogP contribution in [0.25, 0.3) is 0 Å². The predicted molar refractivity (Wildman–Crippen MR) is 96.5 cm³/mol. The van der Waals surface area contributed by atoms with E-state index < -0.39 is 0 Å². The Hall–Kier alpha value is -2.87. The first-order valence-corrected chi connectivity index (χ1v) is 9.10. The number of furan rings is 2. The molecule has 2 N–H and O–H groups in total. The first-order valence-electron chi connectivity index (χ1n) is 9.10. The molecule has 0 radical (unpaired) electrons. The number of nitrogens with two attached hydrogens (primary N) is 1. The highest BCUT2D eigenvalue weighted by Crippen LogP contribution is 2.33. The monoisotopic (exact) mass is 370 g/mol. The number of carbonyl (C=O) groups excluding carboxylic acids is 2. The summed E-state index contributed by atoms with van der Waals surface area (Å²) in [5.41, 5.74) is 6.10. The summed E-state index contributed by atoms with van der Waals surface area (Å²) in [6.45, 7) is 1.60. The molecule has 1 unspecified atom stereocenters. The average molecular weight is 370 g/mol. The molecular formula is C19H22N4O4. The number of carbonyl (C=O) groups is 2. The fourth-order valence-electron chi connectivity index (χ4n) is 3.67. The Labute approximate surface area is 156 Å². The molecule has 0 bridgehead atoms. The summed E-state index contributed by atoms with van der Waals surface area (Å²) in [5, 5.41) is 6.02. The third-order valence-electron chi connectivity index (χ3n) is 5.19. The zero-order chi connectivity index (χ0) is 18.8. The minimum Gasteiger partial charge on any atom is -0.467 e. The highest BCUT2D eigenvalue weighted by Gasteiger charge is 2.36. The van der Waals surface area contributed by atoms with Crippen LogP contribution in [0.2, 0.25) is 0 Å². The maximum Gasteiger partial charge on any atom is 0.257 e. The molecule has 2 aromatic rings. The number of rotatable bonds is 5. The van der Waals surface area contributed by atoms with E-state index in [0.717, 1.165) is 5.71 Å². The summed E-state index contributed by atoms with van der Waals surface area (Å²) in [6, 6.07) is 7.01. The van der Waals surface area contributed by atoms with Gasteiger partial charge in [-0.25, -0.2) is 5.01 Å². The number of likely N-dealkylation sites (tertiary alicyclic amines) is 1. The summed E-state index contributed by atoms with van der Waals surface area (Å²) in [4.78, 5) is 26.3. The Bertz CT molecular complexity index is 820. The lowest BCUT2D eigenvalue weighted by Gasteiger charge is -2.31. The van der Waals surface area contributed by atoms with E-state index in [0.29, 0.717) is 43.9 Å². The lowest BCUT2D eigenvalue weighted by molar-refractivity contribution is -0.135. The van der Waals surface area contributed by atoms with E-state index in [2.05, 4.69) is 5.10 Å². The third kappa shape index (κ3) is 3.66. The first-order chi connectivity index (χ1) is 13.1. The molecule has 0 aromatic carbocycles. The van der Waals surface area contributed by atoms with E-state index in [9.17, 15) is 9.59 Å². The molecule has 8 nitrogen and oxygen atoms in total. The van der Waals surface area contributed by atoms with Gasteiger partial charge in [-0.2, -0.15) is 5.10 Å². The van der Waals surface area contributed by atoms with Crippen LogP contribution in [0.3, 0.4) is 0 Å². The SMILES string of the molecule is NC(=O)C1CCN(CC(=O)N2N=C(c3ccco3)CC2c2ccco2)CC1. The van der Waals surface area contributed by atoms with Crippen molar-refractivity contribution in [3.05, 3.63) is 48.3 Å². The van der Waals surface area contributed by atoms with Crippen molar-refractivity contribution < 1.29 is 18.4 Å². The summed E-state index contributed by atoms with van der Waals surface area (Å²) in [5.74, 6) is 0.898. The quantitative estimate of drug-likeness (QED) is 0.863. The van der Waals surface area contributed by atoms with Crippen LogP contribution in [-0.4, -0.2) is 47.1 Å². The Morgan fingerprint density at radius 1 is 1.15 bits per heavy atom. The normalized spacial score (nSPS) is 21.4. The fourth-order valence-corrected chi connectivity index (χ4v) is 3.67. The van der Waals surface area contributed by atoms with Crippen molar-refractivity contribution in [1.29, 1.82) is 0 Å². The number of hydrogen-bond donors (Lipinski definition) is 1. The molecule has 8 heteroatoms. The van der Waals surface area contributed by atoms with Gasteiger partial charge in [0.15, 0.2) is 0 Å². The van der Waals surface area contributed by atoms with Gasteiger partial charge in [0.05, 0.1) is 19.1 Å².